The molecule has 0 aliphatic carbocycles. The van der Waals surface area contributed by atoms with E-state index >= 15 is 0 Å². The summed E-state index contributed by atoms with van der Waals surface area (Å²) in [7, 11) is 0. The van der Waals surface area contributed by atoms with Crippen molar-refractivity contribution in [2.45, 2.75) is 13.8 Å². The monoisotopic (exact) mass is 307 g/mol. The summed E-state index contributed by atoms with van der Waals surface area (Å²) in [5, 5.41) is 0.980. The highest BCUT2D eigenvalue weighted by molar-refractivity contribution is 7.25. The molecule has 22 heavy (non-hydrogen) atoms. The van der Waals surface area contributed by atoms with Gasteiger partial charge in [-0.15, -0.1) is 11.3 Å². The van der Waals surface area contributed by atoms with Gasteiger partial charge in [-0.1, -0.05) is 30.3 Å². The van der Waals surface area contributed by atoms with Crippen LogP contribution in [0.25, 0.3) is 31.8 Å². The van der Waals surface area contributed by atoms with Gasteiger partial charge in [-0.05, 0) is 25.5 Å². The van der Waals surface area contributed by atoms with Crippen molar-refractivity contribution >= 4 is 31.8 Å². The number of benzene rings is 1. The van der Waals surface area contributed by atoms with Gasteiger partial charge in [0.2, 0.25) is 0 Å². The third-order valence-electron chi connectivity index (χ3n) is 3.67. The Balaban J connectivity index is 2.13. The molecular formula is C17H13N3OS. The molecule has 0 saturated carbocycles. The first-order valence-electron chi connectivity index (χ1n) is 6.99. The van der Waals surface area contributed by atoms with Crippen LogP contribution >= 0.6 is 11.3 Å². The normalized spacial score (nSPS) is 11.4. The summed E-state index contributed by atoms with van der Waals surface area (Å²) in [6.07, 6.45) is 0. The summed E-state index contributed by atoms with van der Waals surface area (Å²) >= 11 is 1.40. The molecule has 3 heterocycles. The minimum atomic E-state index is -0.107. The van der Waals surface area contributed by atoms with Crippen molar-refractivity contribution in [3.8, 4) is 11.4 Å². The van der Waals surface area contributed by atoms with Crippen LogP contribution in [0, 0.1) is 13.8 Å². The van der Waals surface area contributed by atoms with E-state index in [2.05, 4.69) is 9.97 Å². The summed E-state index contributed by atoms with van der Waals surface area (Å²) in [5.74, 6) is 0.595. The average molecular weight is 307 g/mol. The van der Waals surface area contributed by atoms with E-state index in [1.165, 1.54) is 11.3 Å². The van der Waals surface area contributed by atoms with E-state index in [0.29, 0.717) is 10.5 Å². The molecular weight excluding hydrogens is 294 g/mol. The van der Waals surface area contributed by atoms with Gasteiger partial charge in [-0.2, -0.15) is 0 Å². The molecule has 1 N–H and O–H groups in total. The maximum absolute atomic E-state index is 12.4. The lowest BCUT2D eigenvalue weighted by molar-refractivity contribution is 1.19. The average Bonchev–Trinajstić information content (AvgIpc) is 2.87. The van der Waals surface area contributed by atoms with Crippen molar-refractivity contribution in [2.75, 3.05) is 0 Å². The number of pyridine rings is 1. The zero-order chi connectivity index (χ0) is 15.3. The minimum absolute atomic E-state index is 0.107. The Morgan fingerprint density at radius 3 is 2.64 bits per heavy atom. The predicted octanol–water partition coefficient (Wildman–Crippen LogP) is 3.82. The zero-order valence-corrected chi connectivity index (χ0v) is 13.0. The molecule has 4 aromatic rings. The van der Waals surface area contributed by atoms with Gasteiger partial charge in [-0.25, -0.2) is 9.97 Å². The van der Waals surface area contributed by atoms with E-state index in [0.717, 1.165) is 32.6 Å². The molecule has 0 amide bonds. The fourth-order valence-corrected chi connectivity index (χ4v) is 3.85. The number of aromatic nitrogens is 3. The summed E-state index contributed by atoms with van der Waals surface area (Å²) < 4.78 is 0.635. The van der Waals surface area contributed by atoms with Crippen LogP contribution in [0.2, 0.25) is 0 Å². The quantitative estimate of drug-likeness (QED) is 0.581. The first-order chi connectivity index (χ1) is 10.6. The highest BCUT2D eigenvalue weighted by atomic mass is 32.1. The minimum Gasteiger partial charge on any atom is -0.305 e. The second kappa shape index (κ2) is 4.74. The van der Waals surface area contributed by atoms with Gasteiger partial charge in [-0.3, -0.25) is 4.79 Å². The van der Waals surface area contributed by atoms with Crippen molar-refractivity contribution in [1.29, 1.82) is 0 Å². The number of thiophene rings is 1. The third-order valence-corrected chi connectivity index (χ3v) is 4.74. The van der Waals surface area contributed by atoms with Gasteiger partial charge in [0.25, 0.3) is 5.56 Å². The van der Waals surface area contributed by atoms with Crippen LogP contribution in [0.15, 0.2) is 41.2 Å². The number of hydrogen-bond acceptors (Lipinski definition) is 4. The molecule has 3 aromatic heterocycles. The Kier molecular flexibility index (Phi) is 2.84. The molecule has 4 nitrogen and oxygen atoms in total. The standard InChI is InChI=1S/C17H13N3OS/c1-9-8-10(2)18-17-12(9)13-14(22-17)16(21)20-15(19-13)11-6-4-3-5-7-11/h3-8H,1-2H3,(H,19,20,21). The smallest absolute Gasteiger partial charge is 0.269 e. The Morgan fingerprint density at radius 2 is 1.86 bits per heavy atom. The number of aryl methyl sites for hydroxylation is 2. The molecule has 0 atom stereocenters. The van der Waals surface area contributed by atoms with E-state index < -0.39 is 0 Å². The third kappa shape index (κ3) is 1.94. The van der Waals surface area contributed by atoms with Crippen molar-refractivity contribution in [1.82, 2.24) is 15.0 Å². The Hall–Kier alpha value is -2.53. The second-order valence-corrected chi connectivity index (χ2v) is 6.32. The molecule has 1 aromatic carbocycles. The number of fused-ring (bicyclic) bond motifs is 3. The van der Waals surface area contributed by atoms with Crippen LogP contribution in [-0.2, 0) is 0 Å². The molecule has 0 spiro atoms. The van der Waals surface area contributed by atoms with E-state index in [1.807, 2.05) is 50.2 Å². The van der Waals surface area contributed by atoms with E-state index in [-0.39, 0.29) is 5.56 Å². The van der Waals surface area contributed by atoms with Crippen LogP contribution in [0.4, 0.5) is 0 Å². The van der Waals surface area contributed by atoms with Gasteiger partial charge in [0, 0.05) is 16.6 Å². The highest BCUT2D eigenvalue weighted by Crippen LogP contribution is 2.32. The Labute approximate surface area is 130 Å². The molecule has 0 aliphatic heterocycles. The Bertz CT molecular complexity index is 1060. The van der Waals surface area contributed by atoms with Crippen LogP contribution in [0.5, 0.6) is 0 Å². The molecule has 5 heteroatoms. The van der Waals surface area contributed by atoms with Crippen LogP contribution in [0.1, 0.15) is 11.3 Å². The number of H-pyrrole nitrogens is 1. The highest BCUT2D eigenvalue weighted by Gasteiger charge is 2.15. The van der Waals surface area contributed by atoms with Crippen LogP contribution in [0.3, 0.4) is 0 Å². The van der Waals surface area contributed by atoms with Crippen molar-refractivity contribution in [3.05, 3.63) is 58.0 Å². The molecule has 0 unspecified atom stereocenters. The molecule has 0 aliphatic rings. The summed E-state index contributed by atoms with van der Waals surface area (Å²) in [6.45, 7) is 4.00. The van der Waals surface area contributed by atoms with E-state index in [4.69, 9.17) is 4.98 Å². The maximum atomic E-state index is 12.4. The topological polar surface area (TPSA) is 58.6 Å². The van der Waals surface area contributed by atoms with Gasteiger partial charge >= 0.3 is 0 Å². The SMILES string of the molecule is Cc1cc(C)c2c(n1)sc1c(=O)[nH]c(-c3ccccc3)nc12. The number of nitrogens with zero attached hydrogens (tertiary/aromatic N) is 2. The lowest BCUT2D eigenvalue weighted by Gasteiger charge is -2.02. The van der Waals surface area contributed by atoms with E-state index in [1.54, 1.807) is 0 Å². The van der Waals surface area contributed by atoms with Crippen molar-refractivity contribution < 1.29 is 0 Å². The fraction of sp³-hybridized carbons (Fsp3) is 0.118. The largest absolute Gasteiger partial charge is 0.305 e. The van der Waals surface area contributed by atoms with E-state index in [9.17, 15) is 4.79 Å². The summed E-state index contributed by atoms with van der Waals surface area (Å²) in [6, 6.07) is 11.7. The lowest BCUT2D eigenvalue weighted by Crippen LogP contribution is -2.07. The zero-order valence-electron chi connectivity index (χ0n) is 12.2. The number of aromatic amines is 1. The first-order valence-corrected chi connectivity index (χ1v) is 7.81. The second-order valence-electron chi connectivity index (χ2n) is 5.32. The number of rotatable bonds is 1. The van der Waals surface area contributed by atoms with Gasteiger partial charge in [0.1, 0.15) is 15.4 Å². The van der Waals surface area contributed by atoms with Gasteiger partial charge < -0.3 is 4.98 Å². The molecule has 0 radical (unpaired) electrons. The summed E-state index contributed by atoms with van der Waals surface area (Å²) in [4.78, 5) is 25.4. The van der Waals surface area contributed by atoms with Crippen LogP contribution < -0.4 is 5.56 Å². The number of hydrogen-bond donors (Lipinski definition) is 1. The molecule has 0 fully saturated rings. The van der Waals surface area contributed by atoms with Crippen LogP contribution in [-0.4, -0.2) is 15.0 Å². The molecule has 4 rings (SSSR count). The first kappa shape index (κ1) is 13.2. The fourth-order valence-electron chi connectivity index (χ4n) is 2.72. The molecule has 0 saturated heterocycles. The summed E-state index contributed by atoms with van der Waals surface area (Å²) in [5.41, 5.74) is 3.59. The van der Waals surface area contributed by atoms with Crippen molar-refractivity contribution in [3.63, 3.8) is 0 Å². The molecule has 108 valence electrons. The molecule has 0 bridgehead atoms. The maximum Gasteiger partial charge on any atom is 0.269 e. The predicted molar refractivity (Wildman–Crippen MR) is 90.5 cm³/mol. The van der Waals surface area contributed by atoms with Gasteiger partial charge in [0.05, 0.1) is 5.52 Å². The number of nitrogens with one attached hydrogen (secondary N) is 1. The van der Waals surface area contributed by atoms with Gasteiger partial charge in [0.15, 0.2) is 0 Å². The lowest BCUT2D eigenvalue weighted by atomic mass is 10.1. The van der Waals surface area contributed by atoms with Crippen molar-refractivity contribution in [2.24, 2.45) is 0 Å². The Morgan fingerprint density at radius 1 is 1.09 bits per heavy atom.